The van der Waals surface area contributed by atoms with Crippen LogP contribution >= 0.6 is 27.3 Å². The van der Waals surface area contributed by atoms with E-state index in [4.69, 9.17) is 4.74 Å². The lowest BCUT2D eigenvalue weighted by Crippen LogP contribution is -2.13. The quantitative estimate of drug-likeness (QED) is 0.585. The smallest absolute Gasteiger partial charge is 0.306 e. The first-order chi connectivity index (χ1) is 9.65. The topological polar surface area (TPSA) is 43.4 Å². The summed E-state index contributed by atoms with van der Waals surface area (Å²) in [5, 5.41) is 0. The number of carbonyl (C=O) groups is 2. The van der Waals surface area contributed by atoms with Gasteiger partial charge in [0, 0.05) is 6.42 Å². The van der Waals surface area contributed by atoms with Gasteiger partial charge in [-0.3, -0.25) is 9.59 Å². The second-order valence-corrected chi connectivity index (χ2v) is 6.64. The zero-order chi connectivity index (χ0) is 14.4. The van der Waals surface area contributed by atoms with Crippen molar-refractivity contribution in [3.8, 4) is 0 Å². The predicted octanol–water partition coefficient (Wildman–Crippen LogP) is 3.87. The number of hydrogen-bond acceptors (Lipinski definition) is 4. The van der Waals surface area contributed by atoms with Crippen LogP contribution in [0.1, 0.15) is 21.7 Å². The molecule has 1 heterocycles. The van der Waals surface area contributed by atoms with Gasteiger partial charge in [0.05, 0.1) is 8.66 Å². The van der Waals surface area contributed by atoms with E-state index in [0.29, 0.717) is 11.3 Å². The molecule has 1 aromatic carbocycles. The summed E-state index contributed by atoms with van der Waals surface area (Å²) >= 11 is 4.62. The van der Waals surface area contributed by atoms with Gasteiger partial charge in [-0.05, 0) is 40.0 Å². The normalized spacial score (nSPS) is 10.2. The Kier molecular flexibility index (Phi) is 5.49. The second kappa shape index (κ2) is 7.36. The summed E-state index contributed by atoms with van der Waals surface area (Å²) in [5.41, 5.74) is 1.08. The lowest BCUT2D eigenvalue weighted by molar-refractivity contribution is -0.142. The Bertz CT molecular complexity index is 592. The minimum Gasteiger partial charge on any atom is -0.457 e. The second-order valence-electron chi connectivity index (χ2n) is 4.17. The van der Waals surface area contributed by atoms with E-state index in [9.17, 15) is 9.59 Å². The van der Waals surface area contributed by atoms with Gasteiger partial charge in [0.15, 0.2) is 6.61 Å². The van der Waals surface area contributed by atoms with E-state index in [1.807, 2.05) is 30.3 Å². The van der Waals surface area contributed by atoms with Crippen molar-refractivity contribution in [1.29, 1.82) is 0 Å². The van der Waals surface area contributed by atoms with E-state index in [1.54, 1.807) is 12.1 Å². The standard InChI is InChI=1S/C15H13BrO3S/c16-14-8-7-13(20-14)12(17)10-19-15(18)9-6-11-4-2-1-3-5-11/h1-5,7-8H,6,9-10H2. The predicted molar refractivity (Wildman–Crippen MR) is 82.1 cm³/mol. The number of ketones is 1. The van der Waals surface area contributed by atoms with Crippen LogP contribution in [0.15, 0.2) is 46.3 Å². The Labute approximate surface area is 129 Å². The van der Waals surface area contributed by atoms with Gasteiger partial charge in [-0.2, -0.15) is 0 Å². The van der Waals surface area contributed by atoms with Crippen LogP contribution < -0.4 is 0 Å². The molecule has 0 unspecified atom stereocenters. The summed E-state index contributed by atoms with van der Waals surface area (Å²) in [4.78, 5) is 23.9. The Hall–Kier alpha value is -1.46. The molecule has 0 aliphatic heterocycles. The van der Waals surface area contributed by atoms with Gasteiger partial charge >= 0.3 is 5.97 Å². The molecule has 0 fully saturated rings. The van der Waals surface area contributed by atoms with Gasteiger partial charge in [-0.15, -0.1) is 11.3 Å². The molecule has 104 valence electrons. The van der Waals surface area contributed by atoms with E-state index in [2.05, 4.69) is 15.9 Å². The fourth-order valence-corrected chi connectivity index (χ4v) is 2.95. The SMILES string of the molecule is O=C(CCc1ccccc1)OCC(=O)c1ccc(Br)s1. The maximum atomic E-state index is 11.7. The number of hydrogen-bond donors (Lipinski definition) is 0. The number of ether oxygens (including phenoxy) is 1. The van der Waals surface area contributed by atoms with Crippen molar-refractivity contribution in [2.45, 2.75) is 12.8 Å². The van der Waals surface area contributed by atoms with Gasteiger partial charge in [0.2, 0.25) is 5.78 Å². The molecule has 0 atom stereocenters. The van der Waals surface area contributed by atoms with Crippen LogP contribution in [0.3, 0.4) is 0 Å². The number of thiophene rings is 1. The molecule has 0 radical (unpaired) electrons. The number of aryl methyl sites for hydroxylation is 1. The molecule has 0 saturated carbocycles. The van der Waals surface area contributed by atoms with Gasteiger partial charge in [0.25, 0.3) is 0 Å². The number of esters is 1. The van der Waals surface area contributed by atoms with E-state index in [1.165, 1.54) is 11.3 Å². The number of Topliss-reactive ketones (excluding diaryl/α,β-unsaturated/α-hetero) is 1. The molecule has 0 spiro atoms. The average molecular weight is 353 g/mol. The summed E-state index contributed by atoms with van der Waals surface area (Å²) in [6.07, 6.45) is 0.907. The van der Waals surface area contributed by atoms with Gasteiger partial charge in [-0.25, -0.2) is 0 Å². The first-order valence-corrected chi connectivity index (χ1v) is 7.74. The van der Waals surface area contributed by atoms with Gasteiger partial charge in [0.1, 0.15) is 0 Å². The van der Waals surface area contributed by atoms with Crippen molar-refractivity contribution in [3.63, 3.8) is 0 Å². The monoisotopic (exact) mass is 352 g/mol. The molecule has 20 heavy (non-hydrogen) atoms. The molecule has 0 aliphatic rings. The molecule has 1 aromatic heterocycles. The van der Waals surface area contributed by atoms with E-state index >= 15 is 0 Å². The van der Waals surface area contributed by atoms with Crippen LogP contribution in [0.5, 0.6) is 0 Å². The molecular weight excluding hydrogens is 340 g/mol. The van der Waals surface area contributed by atoms with Gasteiger partial charge < -0.3 is 4.74 Å². The highest BCUT2D eigenvalue weighted by atomic mass is 79.9. The highest BCUT2D eigenvalue weighted by molar-refractivity contribution is 9.11. The van der Waals surface area contributed by atoms with E-state index in [-0.39, 0.29) is 24.8 Å². The molecule has 0 aliphatic carbocycles. The summed E-state index contributed by atoms with van der Waals surface area (Å²) in [6, 6.07) is 13.2. The van der Waals surface area contributed by atoms with Gasteiger partial charge in [-0.1, -0.05) is 30.3 Å². The molecule has 0 bridgehead atoms. The molecule has 2 aromatic rings. The van der Waals surface area contributed by atoms with Crippen molar-refractivity contribution in [3.05, 3.63) is 56.7 Å². The van der Waals surface area contributed by atoms with Crippen LogP contribution in [0.25, 0.3) is 0 Å². The average Bonchev–Trinajstić information content (AvgIpc) is 2.90. The molecule has 0 saturated heterocycles. The van der Waals surface area contributed by atoms with Crippen LogP contribution in [0, 0.1) is 0 Å². The summed E-state index contributed by atoms with van der Waals surface area (Å²) < 4.78 is 5.88. The zero-order valence-electron chi connectivity index (χ0n) is 10.7. The summed E-state index contributed by atoms with van der Waals surface area (Å²) in [5.74, 6) is -0.522. The fourth-order valence-electron chi connectivity index (χ4n) is 1.64. The summed E-state index contributed by atoms with van der Waals surface area (Å²) in [7, 11) is 0. The molecule has 0 amide bonds. The molecule has 5 heteroatoms. The first kappa shape index (κ1) is 14.9. The van der Waals surface area contributed by atoms with Crippen LogP contribution in [-0.2, 0) is 16.0 Å². The fraction of sp³-hybridized carbons (Fsp3) is 0.200. The van der Waals surface area contributed by atoms with Crippen molar-refractivity contribution in [2.75, 3.05) is 6.61 Å². The molecule has 2 rings (SSSR count). The Balaban J connectivity index is 1.74. The third-order valence-corrected chi connectivity index (χ3v) is 4.34. The minimum atomic E-state index is -0.349. The van der Waals surface area contributed by atoms with Crippen LogP contribution in [0.2, 0.25) is 0 Å². The van der Waals surface area contributed by atoms with Crippen molar-refractivity contribution < 1.29 is 14.3 Å². The van der Waals surface area contributed by atoms with Crippen LogP contribution in [-0.4, -0.2) is 18.4 Å². The van der Waals surface area contributed by atoms with Crippen LogP contribution in [0.4, 0.5) is 0 Å². The largest absolute Gasteiger partial charge is 0.457 e. The number of benzene rings is 1. The number of carbonyl (C=O) groups excluding carboxylic acids is 2. The van der Waals surface area contributed by atoms with E-state index in [0.717, 1.165) is 9.35 Å². The lowest BCUT2D eigenvalue weighted by Gasteiger charge is -2.03. The third-order valence-electron chi connectivity index (χ3n) is 2.67. The van der Waals surface area contributed by atoms with Crippen molar-refractivity contribution in [2.24, 2.45) is 0 Å². The molecule has 0 N–H and O–H groups in total. The minimum absolute atomic E-state index is 0.172. The Morgan fingerprint density at radius 1 is 1.10 bits per heavy atom. The molecular formula is C15H13BrO3S. The van der Waals surface area contributed by atoms with E-state index < -0.39 is 0 Å². The number of rotatable bonds is 6. The Morgan fingerprint density at radius 3 is 2.50 bits per heavy atom. The highest BCUT2D eigenvalue weighted by Crippen LogP contribution is 2.22. The van der Waals surface area contributed by atoms with Crippen molar-refractivity contribution in [1.82, 2.24) is 0 Å². The maximum Gasteiger partial charge on any atom is 0.306 e. The maximum absolute atomic E-state index is 11.7. The Morgan fingerprint density at radius 2 is 1.85 bits per heavy atom. The molecule has 3 nitrogen and oxygen atoms in total. The first-order valence-electron chi connectivity index (χ1n) is 6.13. The highest BCUT2D eigenvalue weighted by Gasteiger charge is 2.12. The van der Waals surface area contributed by atoms with Crippen molar-refractivity contribution >= 4 is 39.0 Å². The lowest BCUT2D eigenvalue weighted by atomic mass is 10.1. The summed E-state index contributed by atoms with van der Waals surface area (Å²) in [6.45, 7) is -0.194. The third kappa shape index (κ3) is 4.58. The number of halogens is 1. The zero-order valence-corrected chi connectivity index (χ0v) is 13.1.